The molecule has 102 valence electrons. The van der Waals surface area contributed by atoms with Crippen molar-refractivity contribution in [2.75, 3.05) is 11.1 Å². The number of aromatic nitrogens is 1. The highest BCUT2D eigenvalue weighted by atomic mass is 16.4. The van der Waals surface area contributed by atoms with Gasteiger partial charge in [-0.25, -0.2) is 4.79 Å². The van der Waals surface area contributed by atoms with Crippen LogP contribution in [-0.2, 0) is 4.79 Å². The Morgan fingerprint density at radius 3 is 2.40 bits per heavy atom. The minimum absolute atomic E-state index is 0.155. The second kappa shape index (κ2) is 5.27. The molecule has 1 aromatic carbocycles. The Balaban J connectivity index is 0.000000147. The lowest BCUT2D eigenvalue weighted by molar-refractivity contribution is -0.112. The molecule has 0 saturated heterocycles. The SMILES string of the molecule is Nc1ccccc1C(=O)O.O=C1Nc2cc[nH]c2C1=O. The number of carbonyl (C=O) groups excluding carboxylic acids is 2. The molecule has 7 heteroatoms. The van der Waals surface area contributed by atoms with Crippen LogP contribution in [0, 0.1) is 0 Å². The summed E-state index contributed by atoms with van der Waals surface area (Å²) in [6, 6.07) is 8.01. The third kappa shape index (κ3) is 2.51. The molecule has 1 aliphatic heterocycles. The first kappa shape index (κ1) is 13.3. The van der Waals surface area contributed by atoms with E-state index < -0.39 is 17.7 Å². The van der Waals surface area contributed by atoms with Gasteiger partial charge >= 0.3 is 5.97 Å². The number of hydrogen-bond donors (Lipinski definition) is 4. The van der Waals surface area contributed by atoms with Crippen molar-refractivity contribution in [2.45, 2.75) is 0 Å². The molecule has 0 radical (unpaired) electrons. The minimum atomic E-state index is -0.988. The standard InChI is InChI=1S/C7H7NO2.C6H4N2O2/c8-6-4-2-1-3-5(6)7(9)10;9-5-4-3(1-2-7-4)8-6(5)10/h1-4H,8H2,(H,9,10);1-2,7H,(H,8,9,10). The largest absolute Gasteiger partial charge is 0.478 e. The van der Waals surface area contributed by atoms with Crippen molar-refractivity contribution in [3.63, 3.8) is 0 Å². The van der Waals surface area contributed by atoms with Crippen molar-refractivity contribution in [1.29, 1.82) is 0 Å². The molecular formula is C13H11N3O4. The fraction of sp³-hybridized carbons (Fsp3) is 0. The van der Waals surface area contributed by atoms with E-state index in [0.29, 0.717) is 17.1 Å². The van der Waals surface area contributed by atoms with Gasteiger partial charge in [0.1, 0.15) is 5.69 Å². The van der Waals surface area contributed by atoms with Crippen molar-refractivity contribution in [3.05, 3.63) is 47.8 Å². The topological polar surface area (TPSA) is 125 Å². The maximum absolute atomic E-state index is 10.8. The lowest BCUT2D eigenvalue weighted by atomic mass is 10.2. The third-order valence-corrected chi connectivity index (χ3v) is 2.62. The molecule has 20 heavy (non-hydrogen) atoms. The number of fused-ring (bicyclic) bond motifs is 1. The number of nitrogen functional groups attached to an aromatic ring is 1. The highest BCUT2D eigenvalue weighted by molar-refractivity contribution is 6.51. The van der Waals surface area contributed by atoms with E-state index in [9.17, 15) is 14.4 Å². The molecule has 0 aliphatic carbocycles. The van der Waals surface area contributed by atoms with Gasteiger partial charge in [0.05, 0.1) is 11.3 Å². The molecule has 0 unspecified atom stereocenters. The van der Waals surface area contributed by atoms with Gasteiger partial charge in [0.2, 0.25) is 0 Å². The van der Waals surface area contributed by atoms with Crippen molar-refractivity contribution in [3.8, 4) is 0 Å². The van der Waals surface area contributed by atoms with Gasteiger partial charge in [0.25, 0.3) is 11.7 Å². The van der Waals surface area contributed by atoms with Gasteiger partial charge in [-0.2, -0.15) is 0 Å². The normalized spacial score (nSPS) is 12.2. The quantitative estimate of drug-likeness (QED) is 0.457. The molecule has 2 aromatic rings. The first-order valence-electron chi connectivity index (χ1n) is 5.61. The number of carbonyl (C=O) groups is 3. The summed E-state index contributed by atoms with van der Waals surface area (Å²) in [5.74, 6) is -2.03. The molecule has 1 aliphatic rings. The van der Waals surface area contributed by atoms with Gasteiger partial charge < -0.3 is 21.1 Å². The maximum atomic E-state index is 10.8. The van der Waals surface area contributed by atoms with Crippen molar-refractivity contribution < 1.29 is 19.5 Å². The number of benzene rings is 1. The molecule has 0 bridgehead atoms. The smallest absolute Gasteiger partial charge is 0.337 e. The van der Waals surface area contributed by atoms with Crippen molar-refractivity contribution in [1.82, 2.24) is 4.98 Å². The first-order valence-corrected chi connectivity index (χ1v) is 5.61. The fourth-order valence-corrected chi connectivity index (χ4v) is 1.65. The molecular weight excluding hydrogens is 262 g/mol. The number of carboxylic acids is 1. The van der Waals surface area contributed by atoms with E-state index in [-0.39, 0.29) is 5.56 Å². The van der Waals surface area contributed by atoms with Gasteiger partial charge in [-0.15, -0.1) is 0 Å². The lowest BCUT2D eigenvalue weighted by Gasteiger charge is -1.96. The summed E-state index contributed by atoms with van der Waals surface area (Å²) < 4.78 is 0. The highest BCUT2D eigenvalue weighted by Gasteiger charge is 2.28. The summed E-state index contributed by atoms with van der Waals surface area (Å²) in [6.45, 7) is 0. The van der Waals surface area contributed by atoms with Crippen molar-refractivity contribution in [2.24, 2.45) is 0 Å². The van der Waals surface area contributed by atoms with E-state index in [0.717, 1.165) is 0 Å². The number of H-pyrrole nitrogens is 1. The molecule has 2 heterocycles. The summed E-state index contributed by atoms with van der Waals surface area (Å²) in [5.41, 5.74) is 6.74. The number of amides is 1. The number of aromatic carboxylic acids is 1. The zero-order valence-electron chi connectivity index (χ0n) is 10.2. The number of anilines is 2. The maximum Gasteiger partial charge on any atom is 0.337 e. The lowest BCUT2D eigenvalue weighted by Crippen LogP contribution is -2.13. The van der Waals surface area contributed by atoms with Gasteiger partial charge in [-0.05, 0) is 18.2 Å². The fourth-order valence-electron chi connectivity index (χ4n) is 1.65. The number of Topliss-reactive ketones (excluding diaryl/α,β-unsaturated/α-hetero) is 1. The Hall–Kier alpha value is -3.09. The molecule has 3 rings (SSSR count). The number of nitrogens with one attached hydrogen (secondary N) is 2. The molecule has 5 N–H and O–H groups in total. The van der Waals surface area contributed by atoms with Crippen LogP contribution < -0.4 is 11.1 Å². The molecule has 1 aromatic heterocycles. The Morgan fingerprint density at radius 1 is 1.15 bits per heavy atom. The van der Waals surface area contributed by atoms with Gasteiger partial charge in [-0.3, -0.25) is 9.59 Å². The average Bonchev–Trinajstić information content (AvgIpc) is 2.95. The van der Waals surface area contributed by atoms with E-state index in [1.54, 1.807) is 30.5 Å². The van der Waals surface area contributed by atoms with Gasteiger partial charge in [0.15, 0.2) is 0 Å². The molecule has 0 spiro atoms. The van der Waals surface area contributed by atoms with Gasteiger partial charge in [0, 0.05) is 11.9 Å². The van der Waals surface area contributed by atoms with E-state index >= 15 is 0 Å². The Kier molecular flexibility index (Phi) is 3.52. The number of rotatable bonds is 1. The predicted molar refractivity (Wildman–Crippen MR) is 71.6 cm³/mol. The second-order valence-electron chi connectivity index (χ2n) is 3.94. The number of carboxylic acid groups (broad SMARTS) is 1. The summed E-state index contributed by atoms with van der Waals surface area (Å²) >= 11 is 0. The van der Waals surface area contributed by atoms with Crippen LogP contribution in [0.15, 0.2) is 36.5 Å². The third-order valence-electron chi connectivity index (χ3n) is 2.62. The van der Waals surface area contributed by atoms with Gasteiger partial charge in [-0.1, -0.05) is 12.1 Å². The Morgan fingerprint density at radius 2 is 1.85 bits per heavy atom. The monoisotopic (exact) mass is 273 g/mol. The Bertz CT molecular complexity index is 690. The van der Waals surface area contributed by atoms with E-state index in [2.05, 4.69) is 10.3 Å². The molecule has 0 atom stereocenters. The van der Waals surface area contributed by atoms with Crippen LogP contribution in [-0.4, -0.2) is 27.8 Å². The molecule has 0 saturated carbocycles. The summed E-state index contributed by atoms with van der Waals surface area (Å²) in [6.07, 6.45) is 1.61. The zero-order chi connectivity index (χ0) is 14.7. The number of ketones is 1. The number of nitrogens with two attached hydrogens (primary N) is 1. The van der Waals surface area contributed by atoms with E-state index in [4.69, 9.17) is 10.8 Å². The van der Waals surface area contributed by atoms with Crippen molar-refractivity contribution >= 4 is 29.0 Å². The summed E-state index contributed by atoms with van der Waals surface area (Å²) in [7, 11) is 0. The number of hydrogen-bond acceptors (Lipinski definition) is 4. The van der Waals surface area contributed by atoms with E-state index in [1.165, 1.54) is 6.07 Å². The summed E-state index contributed by atoms with van der Waals surface area (Å²) in [5, 5.41) is 10.9. The molecule has 7 nitrogen and oxygen atoms in total. The minimum Gasteiger partial charge on any atom is -0.478 e. The average molecular weight is 273 g/mol. The van der Waals surface area contributed by atoms with Crippen LogP contribution >= 0.6 is 0 Å². The number of aromatic amines is 1. The van der Waals surface area contributed by atoms with Crippen LogP contribution in [0.4, 0.5) is 11.4 Å². The van der Waals surface area contributed by atoms with Crippen LogP contribution in [0.3, 0.4) is 0 Å². The van der Waals surface area contributed by atoms with Crippen LogP contribution in [0.25, 0.3) is 0 Å². The van der Waals surface area contributed by atoms with Crippen LogP contribution in [0.2, 0.25) is 0 Å². The first-order chi connectivity index (χ1) is 9.50. The van der Waals surface area contributed by atoms with E-state index in [1.807, 2.05) is 0 Å². The highest BCUT2D eigenvalue weighted by Crippen LogP contribution is 2.19. The molecule has 0 fully saturated rings. The predicted octanol–water partition coefficient (Wildman–Crippen LogP) is 1.12. The molecule has 1 amide bonds. The summed E-state index contributed by atoms with van der Waals surface area (Å²) in [4.78, 5) is 34.4. The Labute approximate surface area is 113 Å². The number of para-hydroxylation sites is 1. The zero-order valence-corrected chi connectivity index (χ0v) is 10.2. The second-order valence-corrected chi connectivity index (χ2v) is 3.94. The van der Waals surface area contributed by atoms with Crippen LogP contribution in [0.1, 0.15) is 20.8 Å². The van der Waals surface area contributed by atoms with Crippen LogP contribution in [0.5, 0.6) is 0 Å².